The van der Waals surface area contributed by atoms with E-state index in [0.717, 1.165) is 29.1 Å². The molecule has 0 saturated heterocycles. The predicted molar refractivity (Wildman–Crippen MR) is 67.3 cm³/mol. The van der Waals surface area contributed by atoms with Crippen molar-refractivity contribution in [2.75, 3.05) is 18.5 Å². The van der Waals surface area contributed by atoms with Gasteiger partial charge in [-0.2, -0.15) is 10.4 Å². The Bertz CT molecular complexity index is 639. The highest BCUT2D eigenvalue weighted by Crippen LogP contribution is 2.35. The van der Waals surface area contributed by atoms with Crippen molar-refractivity contribution in [1.29, 1.82) is 5.26 Å². The van der Waals surface area contributed by atoms with E-state index < -0.39 is 0 Å². The Labute approximate surface area is 105 Å². The standard InChI is InChI=1S/C13H12N4O/c1-17-8-10(7-16-17)11-5-13-12(4-9(11)6-14)15-2-3-18-13/h4-5,7-8,15H,2-3H2,1H3. The molecule has 1 aliphatic heterocycles. The van der Waals surface area contributed by atoms with Crippen LogP contribution in [0.1, 0.15) is 5.56 Å². The van der Waals surface area contributed by atoms with Crippen LogP contribution in [-0.4, -0.2) is 22.9 Å². The van der Waals surface area contributed by atoms with E-state index in [0.29, 0.717) is 12.2 Å². The van der Waals surface area contributed by atoms with Gasteiger partial charge in [0, 0.05) is 30.9 Å². The van der Waals surface area contributed by atoms with E-state index in [1.807, 2.05) is 25.4 Å². The third-order valence-corrected chi connectivity index (χ3v) is 2.93. The number of ether oxygens (including phenoxy) is 1. The molecule has 0 bridgehead atoms. The zero-order valence-corrected chi connectivity index (χ0v) is 9.97. The lowest BCUT2D eigenvalue weighted by molar-refractivity contribution is 0.323. The van der Waals surface area contributed by atoms with E-state index in [1.165, 1.54) is 0 Å². The number of fused-ring (bicyclic) bond motifs is 1. The monoisotopic (exact) mass is 240 g/mol. The zero-order chi connectivity index (χ0) is 12.5. The van der Waals surface area contributed by atoms with Crippen molar-refractivity contribution in [3.63, 3.8) is 0 Å². The molecule has 0 fully saturated rings. The van der Waals surface area contributed by atoms with Gasteiger partial charge >= 0.3 is 0 Å². The summed E-state index contributed by atoms with van der Waals surface area (Å²) in [6, 6.07) is 5.95. The normalized spacial score (nSPS) is 13.1. The lowest BCUT2D eigenvalue weighted by Crippen LogP contribution is -2.18. The summed E-state index contributed by atoms with van der Waals surface area (Å²) in [4.78, 5) is 0. The fourth-order valence-electron chi connectivity index (χ4n) is 2.08. The van der Waals surface area contributed by atoms with Crippen molar-refractivity contribution in [3.8, 4) is 22.9 Å². The molecule has 0 unspecified atom stereocenters. The van der Waals surface area contributed by atoms with Crippen molar-refractivity contribution in [3.05, 3.63) is 30.1 Å². The van der Waals surface area contributed by atoms with Gasteiger partial charge in [-0.1, -0.05) is 0 Å². The molecule has 0 atom stereocenters. The molecule has 90 valence electrons. The van der Waals surface area contributed by atoms with Crippen LogP contribution in [0.15, 0.2) is 24.5 Å². The Morgan fingerprint density at radius 2 is 2.39 bits per heavy atom. The highest BCUT2D eigenvalue weighted by Gasteiger charge is 2.15. The molecule has 1 aliphatic rings. The minimum absolute atomic E-state index is 0.625. The van der Waals surface area contributed by atoms with E-state index in [2.05, 4.69) is 16.5 Å². The summed E-state index contributed by atoms with van der Waals surface area (Å²) in [6.45, 7) is 1.41. The van der Waals surface area contributed by atoms with Gasteiger partial charge in [0.2, 0.25) is 0 Å². The molecule has 0 amide bonds. The highest BCUT2D eigenvalue weighted by molar-refractivity contribution is 5.77. The Kier molecular flexibility index (Phi) is 2.41. The number of benzene rings is 1. The maximum atomic E-state index is 9.24. The summed E-state index contributed by atoms with van der Waals surface area (Å²) in [5, 5.41) is 16.6. The van der Waals surface area contributed by atoms with Gasteiger partial charge in [0.1, 0.15) is 12.4 Å². The summed E-state index contributed by atoms with van der Waals surface area (Å²) in [5.74, 6) is 0.791. The topological polar surface area (TPSA) is 62.9 Å². The van der Waals surface area contributed by atoms with Crippen LogP contribution in [0.4, 0.5) is 5.69 Å². The van der Waals surface area contributed by atoms with Crippen molar-refractivity contribution in [2.24, 2.45) is 7.05 Å². The second-order valence-electron chi connectivity index (χ2n) is 4.18. The molecule has 3 rings (SSSR count). The van der Waals surface area contributed by atoms with Crippen LogP contribution in [0.2, 0.25) is 0 Å². The molecule has 1 aromatic heterocycles. The second-order valence-corrected chi connectivity index (χ2v) is 4.18. The quantitative estimate of drug-likeness (QED) is 0.825. The zero-order valence-electron chi connectivity index (χ0n) is 9.97. The summed E-state index contributed by atoms with van der Waals surface area (Å²) >= 11 is 0. The number of aryl methyl sites for hydroxylation is 1. The molecule has 18 heavy (non-hydrogen) atoms. The summed E-state index contributed by atoms with van der Waals surface area (Å²) in [7, 11) is 1.85. The molecule has 2 aromatic rings. The van der Waals surface area contributed by atoms with Gasteiger partial charge in [0.15, 0.2) is 0 Å². The smallest absolute Gasteiger partial charge is 0.143 e. The van der Waals surface area contributed by atoms with Gasteiger partial charge in [-0.05, 0) is 12.1 Å². The molecular weight excluding hydrogens is 228 g/mol. The largest absolute Gasteiger partial charge is 0.490 e. The van der Waals surface area contributed by atoms with Crippen molar-refractivity contribution < 1.29 is 4.74 Å². The first-order valence-electron chi connectivity index (χ1n) is 5.72. The van der Waals surface area contributed by atoms with Crippen LogP contribution < -0.4 is 10.1 Å². The van der Waals surface area contributed by atoms with Crippen molar-refractivity contribution in [1.82, 2.24) is 9.78 Å². The fraction of sp³-hybridized carbons (Fsp3) is 0.231. The number of anilines is 1. The maximum absolute atomic E-state index is 9.24. The van der Waals surface area contributed by atoms with Gasteiger partial charge in [-0.3, -0.25) is 4.68 Å². The van der Waals surface area contributed by atoms with E-state index >= 15 is 0 Å². The van der Waals surface area contributed by atoms with E-state index in [4.69, 9.17) is 4.74 Å². The summed E-state index contributed by atoms with van der Waals surface area (Å²) < 4.78 is 7.31. The number of nitrogens with zero attached hydrogens (tertiary/aromatic N) is 3. The lowest BCUT2D eigenvalue weighted by atomic mass is 10.0. The minimum Gasteiger partial charge on any atom is -0.490 e. The number of hydrogen-bond donors (Lipinski definition) is 1. The van der Waals surface area contributed by atoms with Crippen LogP contribution in [-0.2, 0) is 7.05 Å². The first-order valence-corrected chi connectivity index (χ1v) is 5.72. The number of nitrogens with one attached hydrogen (secondary N) is 1. The predicted octanol–water partition coefficient (Wildman–Crippen LogP) is 1.76. The average Bonchev–Trinajstić information content (AvgIpc) is 2.83. The molecule has 1 aromatic carbocycles. The number of nitriles is 1. The first kappa shape index (κ1) is 10.7. The van der Waals surface area contributed by atoms with E-state index in [-0.39, 0.29) is 0 Å². The molecule has 0 saturated carbocycles. The Balaban J connectivity index is 2.16. The summed E-state index contributed by atoms with van der Waals surface area (Å²) in [6.07, 6.45) is 3.64. The van der Waals surface area contributed by atoms with Crippen LogP contribution in [0.5, 0.6) is 5.75 Å². The SMILES string of the molecule is Cn1cc(-c2cc3c(cc2C#N)NCCO3)cn1. The number of hydrogen-bond acceptors (Lipinski definition) is 4. The minimum atomic E-state index is 0.625. The van der Waals surface area contributed by atoms with Crippen LogP contribution in [0, 0.1) is 11.3 Å². The molecule has 1 N–H and O–H groups in total. The maximum Gasteiger partial charge on any atom is 0.143 e. The van der Waals surface area contributed by atoms with E-state index in [1.54, 1.807) is 10.9 Å². The number of aromatic nitrogens is 2. The fourth-order valence-corrected chi connectivity index (χ4v) is 2.08. The molecule has 5 nitrogen and oxygen atoms in total. The van der Waals surface area contributed by atoms with Gasteiger partial charge in [0.25, 0.3) is 0 Å². The number of rotatable bonds is 1. The Hall–Kier alpha value is -2.48. The van der Waals surface area contributed by atoms with Crippen molar-refractivity contribution >= 4 is 5.69 Å². The molecule has 0 spiro atoms. The first-order chi connectivity index (χ1) is 8.78. The van der Waals surface area contributed by atoms with Gasteiger partial charge in [0.05, 0.1) is 23.5 Å². The summed E-state index contributed by atoms with van der Waals surface area (Å²) in [5.41, 5.74) is 3.28. The molecule has 0 radical (unpaired) electrons. The highest BCUT2D eigenvalue weighted by atomic mass is 16.5. The molecular formula is C13H12N4O. The van der Waals surface area contributed by atoms with Crippen LogP contribution in [0.25, 0.3) is 11.1 Å². The third-order valence-electron chi connectivity index (χ3n) is 2.93. The van der Waals surface area contributed by atoms with E-state index in [9.17, 15) is 5.26 Å². The third kappa shape index (κ3) is 1.68. The van der Waals surface area contributed by atoms with Gasteiger partial charge in [-0.25, -0.2) is 0 Å². The second kappa shape index (κ2) is 4.08. The average molecular weight is 240 g/mol. The Morgan fingerprint density at radius 3 is 3.11 bits per heavy atom. The van der Waals surface area contributed by atoms with Gasteiger partial charge < -0.3 is 10.1 Å². The van der Waals surface area contributed by atoms with Crippen LogP contribution in [0.3, 0.4) is 0 Å². The molecule has 0 aliphatic carbocycles. The Morgan fingerprint density at radius 1 is 1.50 bits per heavy atom. The van der Waals surface area contributed by atoms with Crippen molar-refractivity contribution in [2.45, 2.75) is 0 Å². The van der Waals surface area contributed by atoms with Crippen LogP contribution >= 0.6 is 0 Å². The molecule has 5 heteroatoms. The van der Waals surface area contributed by atoms with Gasteiger partial charge in [-0.15, -0.1) is 0 Å². The molecule has 2 heterocycles. The lowest BCUT2D eigenvalue weighted by Gasteiger charge is -2.20.